The van der Waals surface area contributed by atoms with Crippen LogP contribution in [0.15, 0.2) is 44.8 Å². The monoisotopic (exact) mass is 635 g/mol. The lowest BCUT2D eigenvalue weighted by molar-refractivity contribution is -0.141. The van der Waals surface area contributed by atoms with Crippen LogP contribution in [0.4, 0.5) is 0 Å². The predicted molar refractivity (Wildman–Crippen MR) is 163 cm³/mol. The minimum Gasteiger partial charge on any atom is -0.496 e. The van der Waals surface area contributed by atoms with Crippen molar-refractivity contribution < 1.29 is 43.5 Å². The van der Waals surface area contributed by atoms with Gasteiger partial charge in [0.25, 0.3) is 0 Å². The third kappa shape index (κ3) is 4.95. The quantitative estimate of drug-likeness (QED) is 0.203. The number of aliphatic hydroxyl groups excluding tert-OH is 1. The van der Waals surface area contributed by atoms with E-state index in [0.717, 1.165) is 0 Å². The summed E-state index contributed by atoms with van der Waals surface area (Å²) in [5.74, 6) is -1.08. The van der Waals surface area contributed by atoms with Crippen molar-refractivity contribution in [2.24, 2.45) is 20.7 Å². The summed E-state index contributed by atoms with van der Waals surface area (Å²) in [5, 5.41) is 24.5. The molecule has 5 aliphatic rings. The number of hydrogen-bond donors (Lipinski definition) is 4. The molecule has 46 heavy (non-hydrogen) atoms. The molecule has 6 rings (SSSR count). The van der Waals surface area contributed by atoms with Crippen molar-refractivity contribution in [3.63, 3.8) is 0 Å². The maximum Gasteiger partial charge on any atom is 0.375 e. The summed E-state index contributed by atoms with van der Waals surface area (Å²) in [6.45, 7) is 4.59. The number of fused-ring (bicyclic) bond motifs is 3. The fraction of sp³-hybridized carbons (Fsp3) is 0.400. The number of aliphatic imine (C=N–C) groups is 3. The molecule has 0 fully saturated rings. The van der Waals surface area contributed by atoms with Gasteiger partial charge in [0.1, 0.15) is 30.0 Å². The zero-order valence-corrected chi connectivity index (χ0v) is 25.6. The van der Waals surface area contributed by atoms with Crippen LogP contribution in [0, 0.1) is 0 Å². The molecule has 0 aliphatic carbocycles. The number of nitrogens with one attached hydrogen (secondary N) is 1. The van der Waals surface area contributed by atoms with E-state index in [9.17, 15) is 24.6 Å². The SMILES string of the molecule is CCOC(=O)C1=C(C=O)C(=CCN2C=CNC2N2CN=C3C(=O)N=C(N)N=C32)c2c(OC)c3c(c(CO)c2O1)OC(C(C)(C)O)C3. The van der Waals surface area contributed by atoms with Gasteiger partial charge >= 0.3 is 11.9 Å². The first-order valence-corrected chi connectivity index (χ1v) is 14.5. The number of nitrogens with two attached hydrogens (primary N) is 1. The van der Waals surface area contributed by atoms with Crippen molar-refractivity contribution in [3.05, 3.63) is 46.5 Å². The van der Waals surface area contributed by atoms with Gasteiger partial charge in [0.2, 0.25) is 11.7 Å². The third-order valence-electron chi connectivity index (χ3n) is 8.07. The van der Waals surface area contributed by atoms with E-state index in [2.05, 4.69) is 20.3 Å². The Morgan fingerprint density at radius 1 is 1.30 bits per heavy atom. The summed E-state index contributed by atoms with van der Waals surface area (Å²) in [6.07, 6.45) is 4.70. The lowest BCUT2D eigenvalue weighted by Crippen LogP contribution is -2.53. The topological polar surface area (TPSA) is 210 Å². The molecular weight excluding hydrogens is 602 g/mol. The summed E-state index contributed by atoms with van der Waals surface area (Å²) >= 11 is 0. The van der Waals surface area contributed by atoms with E-state index in [1.807, 2.05) is 4.90 Å². The zero-order chi connectivity index (χ0) is 32.9. The highest BCUT2D eigenvalue weighted by atomic mass is 16.6. The number of benzene rings is 1. The maximum absolute atomic E-state index is 13.1. The van der Waals surface area contributed by atoms with E-state index in [1.165, 1.54) is 7.11 Å². The van der Waals surface area contributed by atoms with Crippen LogP contribution in [0.3, 0.4) is 0 Å². The van der Waals surface area contributed by atoms with Gasteiger partial charge in [0.05, 0.1) is 42.6 Å². The standard InChI is InChI=1S/C30H33N7O9/c1-5-44-27(41)24-16(11-38)14(6-8-36-9-7-32-29(36)37-13-33-20-25(37)34-28(31)35-26(20)40)19-22(43-4)15-10-18(30(2,3)42)45-21(15)17(12-39)23(19)46-24/h6-7,9,11,18,29,32,39,42H,5,8,10,12-13H2,1-4H3,(H2,31,35,40). The van der Waals surface area contributed by atoms with Crippen LogP contribution < -0.4 is 25.3 Å². The summed E-state index contributed by atoms with van der Waals surface area (Å²) < 4.78 is 23.3. The van der Waals surface area contributed by atoms with E-state index in [1.54, 1.807) is 44.1 Å². The number of guanidine groups is 1. The first-order chi connectivity index (χ1) is 22.0. The van der Waals surface area contributed by atoms with Gasteiger partial charge in [-0.05, 0) is 20.8 Å². The van der Waals surface area contributed by atoms with Crippen LogP contribution in [-0.4, -0.2) is 101 Å². The second-order valence-corrected chi connectivity index (χ2v) is 11.3. The molecule has 1 aromatic rings. The number of esters is 1. The number of aldehydes is 1. The van der Waals surface area contributed by atoms with Gasteiger partial charge in [-0.1, -0.05) is 6.08 Å². The molecule has 5 N–H and O–H groups in total. The normalized spacial score (nSPS) is 22.3. The molecule has 0 saturated carbocycles. The molecule has 0 saturated heterocycles. The number of nitrogens with zero attached hydrogens (tertiary/aromatic N) is 5. The van der Waals surface area contributed by atoms with Gasteiger partial charge in [-0.15, -0.1) is 0 Å². The van der Waals surface area contributed by atoms with Crippen molar-refractivity contribution in [1.29, 1.82) is 0 Å². The smallest absolute Gasteiger partial charge is 0.375 e. The van der Waals surface area contributed by atoms with Crippen molar-refractivity contribution in [2.45, 2.75) is 51.8 Å². The second-order valence-electron chi connectivity index (χ2n) is 11.3. The molecule has 5 heterocycles. The third-order valence-corrected chi connectivity index (χ3v) is 8.07. The van der Waals surface area contributed by atoms with Gasteiger partial charge < -0.3 is 45.1 Å². The van der Waals surface area contributed by atoms with Gasteiger partial charge in [0.15, 0.2) is 24.1 Å². The fourth-order valence-electron chi connectivity index (χ4n) is 5.91. The first kappa shape index (κ1) is 30.8. The molecule has 0 bridgehead atoms. The largest absolute Gasteiger partial charge is 0.496 e. The minimum atomic E-state index is -1.24. The molecule has 2 atom stereocenters. The number of ether oxygens (including phenoxy) is 4. The average molecular weight is 636 g/mol. The summed E-state index contributed by atoms with van der Waals surface area (Å²) in [7, 11) is 1.45. The molecule has 0 radical (unpaired) electrons. The zero-order valence-electron chi connectivity index (χ0n) is 25.6. The Hall–Kier alpha value is -5.22. The van der Waals surface area contributed by atoms with Gasteiger partial charge in [-0.3, -0.25) is 19.5 Å². The molecule has 2 unspecified atom stereocenters. The molecule has 0 aromatic heterocycles. The Balaban J connectivity index is 1.45. The van der Waals surface area contributed by atoms with E-state index in [0.29, 0.717) is 28.7 Å². The van der Waals surface area contributed by atoms with Crippen LogP contribution in [0.5, 0.6) is 17.2 Å². The summed E-state index contributed by atoms with van der Waals surface area (Å²) in [4.78, 5) is 53.9. The van der Waals surface area contributed by atoms with E-state index in [-0.39, 0.29) is 72.1 Å². The average Bonchev–Trinajstić information content (AvgIpc) is 3.76. The highest BCUT2D eigenvalue weighted by Crippen LogP contribution is 2.54. The lowest BCUT2D eigenvalue weighted by atomic mass is 9.87. The summed E-state index contributed by atoms with van der Waals surface area (Å²) in [6, 6.07) is 0. The van der Waals surface area contributed by atoms with E-state index >= 15 is 0 Å². The molecule has 5 aliphatic heterocycles. The van der Waals surface area contributed by atoms with Gasteiger partial charge in [0, 0.05) is 36.5 Å². The second kappa shape index (κ2) is 11.6. The van der Waals surface area contributed by atoms with Gasteiger partial charge in [-0.2, -0.15) is 9.98 Å². The van der Waals surface area contributed by atoms with Crippen LogP contribution in [0.25, 0.3) is 5.57 Å². The van der Waals surface area contributed by atoms with Crippen LogP contribution in [0.1, 0.15) is 37.5 Å². The molecule has 1 amide bonds. The number of methoxy groups -OCH3 is 1. The van der Waals surface area contributed by atoms with Crippen molar-refractivity contribution >= 4 is 41.2 Å². The number of carbonyl (C=O) groups is 3. The van der Waals surface area contributed by atoms with Crippen molar-refractivity contribution in [3.8, 4) is 17.2 Å². The number of allylic oxidation sites excluding steroid dienone is 2. The molecule has 16 nitrogen and oxygen atoms in total. The van der Waals surface area contributed by atoms with Gasteiger partial charge in [-0.25, -0.2) is 4.79 Å². The lowest BCUT2D eigenvalue weighted by Gasteiger charge is -2.34. The number of rotatable bonds is 9. The van der Waals surface area contributed by atoms with E-state index in [4.69, 9.17) is 24.7 Å². The molecule has 1 aromatic carbocycles. The Labute approximate surface area is 263 Å². The predicted octanol–water partition coefficient (Wildman–Crippen LogP) is -0.319. The number of aliphatic hydroxyl groups is 2. The Bertz CT molecular complexity index is 1720. The Morgan fingerprint density at radius 3 is 2.76 bits per heavy atom. The minimum absolute atomic E-state index is 0.0217. The molecule has 0 spiro atoms. The molecule has 16 heteroatoms. The van der Waals surface area contributed by atoms with Crippen molar-refractivity contribution in [1.82, 2.24) is 15.1 Å². The van der Waals surface area contributed by atoms with Crippen molar-refractivity contribution in [2.75, 3.05) is 26.9 Å². The maximum atomic E-state index is 13.1. The van der Waals surface area contributed by atoms with Crippen LogP contribution in [0.2, 0.25) is 0 Å². The Morgan fingerprint density at radius 2 is 2.09 bits per heavy atom. The highest BCUT2D eigenvalue weighted by molar-refractivity contribution is 6.69. The Kier molecular flexibility index (Phi) is 7.77. The molecule has 242 valence electrons. The van der Waals surface area contributed by atoms with Crippen LogP contribution >= 0.6 is 0 Å². The fourth-order valence-corrected chi connectivity index (χ4v) is 5.91. The van der Waals surface area contributed by atoms with Crippen LogP contribution in [-0.2, 0) is 32.1 Å². The number of amides is 1. The number of amidine groups is 1. The number of hydrogen-bond acceptors (Lipinski definition) is 15. The molecular formula is C30H33N7O9. The highest BCUT2D eigenvalue weighted by Gasteiger charge is 2.44. The summed E-state index contributed by atoms with van der Waals surface area (Å²) in [5.41, 5.74) is 5.93. The first-order valence-electron chi connectivity index (χ1n) is 14.5. The van der Waals surface area contributed by atoms with E-state index < -0.39 is 36.5 Å². The number of carbonyl (C=O) groups excluding carboxylic acids is 3.